The van der Waals surface area contributed by atoms with E-state index >= 15 is 0 Å². The summed E-state index contributed by atoms with van der Waals surface area (Å²) in [6.07, 6.45) is 2.53. The van der Waals surface area contributed by atoms with E-state index in [4.69, 9.17) is 9.47 Å². The molecule has 166 valence electrons. The summed E-state index contributed by atoms with van der Waals surface area (Å²) in [7, 11) is -3.76. The number of fused-ring (bicyclic) bond motifs is 1. The molecule has 0 unspecified atom stereocenters. The molecule has 1 saturated heterocycles. The Hall–Kier alpha value is -2.58. The molecule has 2 aliphatic rings. The van der Waals surface area contributed by atoms with E-state index in [0.29, 0.717) is 25.5 Å². The molecule has 2 heterocycles. The van der Waals surface area contributed by atoms with E-state index in [1.54, 1.807) is 23.1 Å². The number of aryl methyl sites for hydroxylation is 2. The van der Waals surface area contributed by atoms with Crippen LogP contribution in [0.1, 0.15) is 42.0 Å². The van der Waals surface area contributed by atoms with E-state index in [2.05, 4.69) is 4.72 Å². The van der Waals surface area contributed by atoms with Crippen LogP contribution in [0.4, 0.5) is 0 Å². The average molecular weight is 445 g/mol. The van der Waals surface area contributed by atoms with Crippen LogP contribution in [0.5, 0.6) is 11.5 Å². The lowest BCUT2D eigenvalue weighted by atomic mass is 10.0. The van der Waals surface area contributed by atoms with Gasteiger partial charge in [-0.1, -0.05) is 12.1 Å². The quantitative estimate of drug-likeness (QED) is 0.766. The fraction of sp³-hybridized carbons (Fsp3) is 0.435. The summed E-state index contributed by atoms with van der Waals surface area (Å²) >= 11 is 0. The van der Waals surface area contributed by atoms with Crippen LogP contribution in [0, 0.1) is 13.8 Å². The van der Waals surface area contributed by atoms with Crippen LogP contribution in [0.15, 0.2) is 41.3 Å². The highest BCUT2D eigenvalue weighted by molar-refractivity contribution is 7.89. The molecule has 1 N–H and O–H groups in total. The van der Waals surface area contributed by atoms with Gasteiger partial charge in [0, 0.05) is 13.0 Å². The highest BCUT2D eigenvalue weighted by Gasteiger charge is 2.31. The third kappa shape index (κ3) is 4.70. The topological polar surface area (TPSA) is 84.9 Å². The number of amides is 1. The lowest BCUT2D eigenvalue weighted by Crippen LogP contribution is -2.39. The number of carbonyl (C=O) groups excluding carboxylic acids is 1. The van der Waals surface area contributed by atoms with Crippen molar-refractivity contribution in [1.29, 1.82) is 0 Å². The van der Waals surface area contributed by atoms with E-state index in [1.807, 2.05) is 32.0 Å². The maximum atomic E-state index is 12.9. The molecule has 8 heteroatoms. The molecule has 7 nitrogen and oxygen atoms in total. The molecular formula is C23H28N2O5S. The van der Waals surface area contributed by atoms with Crippen LogP contribution in [-0.2, 0) is 14.8 Å². The van der Waals surface area contributed by atoms with Gasteiger partial charge in [-0.05, 0) is 67.6 Å². The molecule has 0 bridgehead atoms. The smallest absolute Gasteiger partial charge is 0.241 e. The van der Waals surface area contributed by atoms with Gasteiger partial charge in [0.25, 0.3) is 0 Å². The van der Waals surface area contributed by atoms with Crippen molar-refractivity contribution in [2.75, 3.05) is 26.3 Å². The van der Waals surface area contributed by atoms with Crippen LogP contribution in [0.25, 0.3) is 0 Å². The first-order chi connectivity index (χ1) is 14.8. The number of ether oxygens (including phenoxy) is 2. The lowest BCUT2D eigenvalue weighted by Gasteiger charge is -2.26. The molecule has 0 radical (unpaired) electrons. The van der Waals surface area contributed by atoms with Crippen molar-refractivity contribution in [2.24, 2.45) is 0 Å². The predicted octanol–water partition coefficient (Wildman–Crippen LogP) is 3.11. The van der Waals surface area contributed by atoms with Crippen molar-refractivity contribution >= 4 is 15.9 Å². The Morgan fingerprint density at radius 1 is 1.03 bits per heavy atom. The molecule has 0 spiro atoms. The van der Waals surface area contributed by atoms with Gasteiger partial charge in [-0.3, -0.25) is 4.79 Å². The molecule has 31 heavy (non-hydrogen) atoms. The molecule has 0 aliphatic carbocycles. The number of likely N-dealkylation sites (tertiary alicyclic amines) is 1. The largest absolute Gasteiger partial charge is 0.490 e. The minimum atomic E-state index is -3.76. The molecule has 2 aromatic carbocycles. The minimum Gasteiger partial charge on any atom is -0.490 e. The zero-order chi connectivity index (χ0) is 22.0. The minimum absolute atomic E-state index is 0.101. The van der Waals surface area contributed by atoms with Gasteiger partial charge < -0.3 is 14.4 Å². The molecule has 2 aromatic rings. The monoisotopic (exact) mass is 444 g/mol. The van der Waals surface area contributed by atoms with Gasteiger partial charge >= 0.3 is 0 Å². The number of sulfonamides is 1. The third-order valence-electron chi connectivity index (χ3n) is 5.93. The SMILES string of the molecule is Cc1ccc(S(=O)(=O)NCC(=O)N2CCC[C@H]2c2ccc3c(c2)OCCCO3)cc1C. The molecule has 1 amide bonds. The van der Waals surface area contributed by atoms with Crippen LogP contribution < -0.4 is 14.2 Å². The molecule has 0 aromatic heterocycles. The first kappa shape index (κ1) is 21.6. The summed E-state index contributed by atoms with van der Waals surface area (Å²) in [4.78, 5) is 14.8. The van der Waals surface area contributed by atoms with Crippen LogP contribution >= 0.6 is 0 Å². The molecule has 2 aliphatic heterocycles. The summed E-state index contributed by atoms with van der Waals surface area (Å²) in [5.41, 5.74) is 2.89. The highest BCUT2D eigenvalue weighted by Crippen LogP contribution is 2.37. The number of benzene rings is 2. The Morgan fingerprint density at radius 2 is 1.81 bits per heavy atom. The van der Waals surface area contributed by atoms with Crippen LogP contribution in [0.2, 0.25) is 0 Å². The number of rotatable bonds is 5. The Kier molecular flexibility index (Phi) is 6.20. The van der Waals surface area contributed by atoms with Crippen LogP contribution in [-0.4, -0.2) is 45.5 Å². The second kappa shape index (κ2) is 8.88. The summed E-state index contributed by atoms with van der Waals surface area (Å²) in [6, 6.07) is 10.6. The highest BCUT2D eigenvalue weighted by atomic mass is 32.2. The van der Waals surface area contributed by atoms with Crippen molar-refractivity contribution in [3.05, 3.63) is 53.1 Å². The molecule has 4 rings (SSSR count). The van der Waals surface area contributed by atoms with Crippen molar-refractivity contribution < 1.29 is 22.7 Å². The van der Waals surface area contributed by atoms with Gasteiger partial charge in [0.05, 0.1) is 30.7 Å². The average Bonchev–Trinajstić information content (AvgIpc) is 3.12. The van der Waals surface area contributed by atoms with Crippen molar-refractivity contribution in [1.82, 2.24) is 9.62 Å². The zero-order valence-electron chi connectivity index (χ0n) is 17.9. The second-order valence-corrected chi connectivity index (χ2v) is 9.84. The summed E-state index contributed by atoms with van der Waals surface area (Å²) in [5.74, 6) is 1.19. The Labute approximate surface area is 183 Å². The Morgan fingerprint density at radius 3 is 2.58 bits per heavy atom. The second-order valence-electron chi connectivity index (χ2n) is 8.07. The molecule has 1 atom stereocenters. The molecule has 1 fully saturated rings. The number of hydrogen-bond acceptors (Lipinski definition) is 5. The third-order valence-corrected chi connectivity index (χ3v) is 7.33. The van der Waals surface area contributed by atoms with Gasteiger partial charge in [0.1, 0.15) is 0 Å². The molecule has 0 saturated carbocycles. The summed E-state index contributed by atoms with van der Waals surface area (Å²) < 4.78 is 39.2. The normalized spacial score (nSPS) is 18.6. The van der Waals surface area contributed by atoms with Gasteiger partial charge in [-0.25, -0.2) is 13.1 Å². The number of nitrogens with zero attached hydrogens (tertiary/aromatic N) is 1. The molecular weight excluding hydrogens is 416 g/mol. The van der Waals surface area contributed by atoms with Crippen molar-refractivity contribution in [2.45, 2.75) is 44.0 Å². The first-order valence-corrected chi connectivity index (χ1v) is 12.1. The zero-order valence-corrected chi connectivity index (χ0v) is 18.7. The van der Waals surface area contributed by atoms with E-state index < -0.39 is 10.0 Å². The maximum Gasteiger partial charge on any atom is 0.241 e. The Bertz CT molecular complexity index is 1080. The fourth-order valence-electron chi connectivity index (χ4n) is 4.02. The van der Waals surface area contributed by atoms with Crippen molar-refractivity contribution in [3.8, 4) is 11.5 Å². The van der Waals surface area contributed by atoms with E-state index in [9.17, 15) is 13.2 Å². The Balaban J connectivity index is 1.46. The predicted molar refractivity (Wildman–Crippen MR) is 117 cm³/mol. The van der Waals surface area contributed by atoms with Gasteiger partial charge in [0.2, 0.25) is 15.9 Å². The van der Waals surface area contributed by atoms with Crippen LogP contribution in [0.3, 0.4) is 0 Å². The maximum absolute atomic E-state index is 12.9. The standard InChI is InChI=1S/C23H28N2O5S/c1-16-6-8-19(13-17(16)2)31(27,28)24-15-23(26)25-10-3-5-20(25)18-7-9-21-22(14-18)30-12-4-11-29-21/h6-9,13-14,20,24H,3-5,10-12,15H2,1-2H3/t20-/m0/s1. The van der Waals surface area contributed by atoms with Crippen molar-refractivity contribution in [3.63, 3.8) is 0 Å². The van der Waals surface area contributed by atoms with E-state index in [-0.39, 0.29) is 23.4 Å². The van der Waals surface area contributed by atoms with E-state index in [0.717, 1.165) is 41.7 Å². The fourth-order valence-corrected chi connectivity index (χ4v) is 5.08. The van der Waals surface area contributed by atoms with E-state index in [1.165, 1.54) is 0 Å². The number of hydrogen-bond donors (Lipinski definition) is 1. The van der Waals surface area contributed by atoms with Gasteiger partial charge in [-0.2, -0.15) is 0 Å². The number of nitrogens with one attached hydrogen (secondary N) is 1. The lowest BCUT2D eigenvalue weighted by molar-refractivity contribution is -0.130. The number of carbonyl (C=O) groups is 1. The van der Waals surface area contributed by atoms with Gasteiger partial charge in [0.15, 0.2) is 11.5 Å². The summed E-state index contributed by atoms with van der Waals surface area (Å²) in [5, 5.41) is 0. The summed E-state index contributed by atoms with van der Waals surface area (Å²) in [6.45, 7) is 5.35. The first-order valence-electron chi connectivity index (χ1n) is 10.6. The van der Waals surface area contributed by atoms with Gasteiger partial charge in [-0.15, -0.1) is 0 Å².